The van der Waals surface area contributed by atoms with Crippen LogP contribution in [0, 0.1) is 6.92 Å². The highest BCUT2D eigenvalue weighted by Gasteiger charge is 2.13. The second kappa shape index (κ2) is 7.91. The number of sulfonamides is 1. The number of hydrogen-bond acceptors (Lipinski definition) is 3. The maximum absolute atomic E-state index is 12.0. The van der Waals surface area contributed by atoms with Crippen molar-refractivity contribution in [2.75, 3.05) is 25.9 Å². The molecule has 1 amide bonds. The van der Waals surface area contributed by atoms with Crippen LogP contribution in [-0.2, 0) is 10.0 Å². The Labute approximate surface area is 134 Å². The largest absolute Gasteiger partial charge is 0.352 e. The number of carbonyl (C=O) groups is 1. The van der Waals surface area contributed by atoms with Crippen LogP contribution >= 0.6 is 15.9 Å². The maximum Gasteiger partial charge on any atom is 0.251 e. The van der Waals surface area contributed by atoms with Crippen LogP contribution in [0.1, 0.15) is 29.3 Å². The number of carbonyl (C=O) groups excluding carboxylic acids is 1. The number of benzene rings is 1. The predicted octanol–water partition coefficient (Wildman–Crippen LogP) is 2.16. The van der Waals surface area contributed by atoms with Gasteiger partial charge in [0.2, 0.25) is 10.0 Å². The predicted molar refractivity (Wildman–Crippen MR) is 87.9 cm³/mol. The molecule has 0 spiro atoms. The summed E-state index contributed by atoms with van der Waals surface area (Å²) >= 11 is 3.36. The Morgan fingerprint density at radius 1 is 1.33 bits per heavy atom. The van der Waals surface area contributed by atoms with Crippen molar-refractivity contribution in [2.24, 2.45) is 0 Å². The van der Waals surface area contributed by atoms with Crippen molar-refractivity contribution in [3.05, 3.63) is 33.8 Å². The molecule has 0 heterocycles. The van der Waals surface area contributed by atoms with Crippen molar-refractivity contribution in [1.29, 1.82) is 0 Å². The van der Waals surface area contributed by atoms with Crippen LogP contribution in [0.5, 0.6) is 0 Å². The first kappa shape index (κ1) is 18.1. The third kappa shape index (κ3) is 6.15. The molecule has 0 aliphatic rings. The molecule has 0 atom stereocenters. The topological polar surface area (TPSA) is 66.5 Å². The molecule has 0 bridgehead atoms. The van der Waals surface area contributed by atoms with E-state index in [4.69, 9.17) is 0 Å². The van der Waals surface area contributed by atoms with Crippen LogP contribution < -0.4 is 5.32 Å². The third-order valence-electron chi connectivity index (χ3n) is 3.00. The Morgan fingerprint density at radius 2 is 2.00 bits per heavy atom. The summed E-state index contributed by atoms with van der Waals surface area (Å²) < 4.78 is 25.1. The summed E-state index contributed by atoms with van der Waals surface area (Å²) in [5, 5.41) is 2.80. The standard InChI is InChI=1S/C14H21BrN2O3S/c1-4-17(21(3,19)20)7-5-6-16-14(18)12-8-11(2)9-13(15)10-12/h8-10H,4-7H2,1-3H3,(H,16,18). The van der Waals surface area contributed by atoms with Crippen LogP contribution in [0.4, 0.5) is 0 Å². The molecule has 1 aromatic rings. The molecule has 0 aliphatic heterocycles. The fourth-order valence-electron chi connectivity index (χ4n) is 1.99. The van der Waals surface area contributed by atoms with Gasteiger partial charge in [0.25, 0.3) is 5.91 Å². The van der Waals surface area contributed by atoms with E-state index < -0.39 is 10.0 Å². The molecular formula is C14H21BrN2O3S. The lowest BCUT2D eigenvalue weighted by atomic mass is 10.1. The van der Waals surface area contributed by atoms with Crippen molar-refractivity contribution in [2.45, 2.75) is 20.3 Å². The number of halogens is 1. The Morgan fingerprint density at radius 3 is 2.52 bits per heavy atom. The number of nitrogens with zero attached hydrogens (tertiary/aromatic N) is 1. The second-order valence-corrected chi connectivity index (χ2v) is 7.78. The van der Waals surface area contributed by atoms with E-state index in [0.717, 1.165) is 10.0 Å². The SMILES string of the molecule is CCN(CCCNC(=O)c1cc(C)cc(Br)c1)S(C)(=O)=O. The van der Waals surface area contributed by atoms with E-state index in [1.54, 1.807) is 13.0 Å². The van der Waals surface area contributed by atoms with Gasteiger partial charge in [0.1, 0.15) is 0 Å². The van der Waals surface area contributed by atoms with Crippen LogP contribution in [0.15, 0.2) is 22.7 Å². The number of amides is 1. The van der Waals surface area contributed by atoms with Gasteiger partial charge in [-0.3, -0.25) is 4.79 Å². The summed E-state index contributed by atoms with van der Waals surface area (Å²) in [7, 11) is -3.16. The Hall–Kier alpha value is -0.920. The van der Waals surface area contributed by atoms with E-state index in [-0.39, 0.29) is 5.91 Å². The fraction of sp³-hybridized carbons (Fsp3) is 0.500. The molecule has 118 valence electrons. The average molecular weight is 377 g/mol. The normalized spacial score (nSPS) is 11.7. The highest BCUT2D eigenvalue weighted by atomic mass is 79.9. The van der Waals surface area contributed by atoms with Gasteiger partial charge in [-0.25, -0.2) is 12.7 Å². The van der Waals surface area contributed by atoms with Gasteiger partial charge in [0.15, 0.2) is 0 Å². The molecule has 0 radical (unpaired) electrons. The number of nitrogens with one attached hydrogen (secondary N) is 1. The minimum atomic E-state index is -3.16. The van der Waals surface area contributed by atoms with E-state index >= 15 is 0 Å². The quantitative estimate of drug-likeness (QED) is 0.741. The number of hydrogen-bond donors (Lipinski definition) is 1. The van der Waals surface area contributed by atoms with Gasteiger partial charge in [-0.05, 0) is 37.1 Å². The van der Waals surface area contributed by atoms with Gasteiger partial charge in [0, 0.05) is 29.7 Å². The monoisotopic (exact) mass is 376 g/mol. The van der Waals surface area contributed by atoms with E-state index in [1.807, 2.05) is 19.1 Å². The molecule has 0 saturated heterocycles. The van der Waals surface area contributed by atoms with E-state index in [9.17, 15) is 13.2 Å². The molecule has 5 nitrogen and oxygen atoms in total. The maximum atomic E-state index is 12.0. The summed E-state index contributed by atoms with van der Waals surface area (Å²) in [6.07, 6.45) is 1.78. The van der Waals surface area contributed by atoms with Gasteiger partial charge < -0.3 is 5.32 Å². The van der Waals surface area contributed by atoms with Crippen molar-refractivity contribution in [3.63, 3.8) is 0 Å². The minimum Gasteiger partial charge on any atom is -0.352 e. The number of rotatable bonds is 7. The van der Waals surface area contributed by atoms with E-state index in [0.29, 0.717) is 31.6 Å². The molecule has 0 fully saturated rings. The first-order valence-corrected chi connectivity index (χ1v) is 9.38. The summed E-state index contributed by atoms with van der Waals surface area (Å²) in [4.78, 5) is 12.0. The highest BCUT2D eigenvalue weighted by molar-refractivity contribution is 9.10. The molecule has 21 heavy (non-hydrogen) atoms. The van der Waals surface area contributed by atoms with Gasteiger partial charge in [-0.1, -0.05) is 22.9 Å². The zero-order valence-electron chi connectivity index (χ0n) is 12.5. The van der Waals surface area contributed by atoms with Crippen LogP contribution in [0.2, 0.25) is 0 Å². The average Bonchev–Trinajstić information content (AvgIpc) is 2.35. The summed E-state index contributed by atoms with van der Waals surface area (Å²) in [5.41, 5.74) is 1.60. The van der Waals surface area contributed by atoms with Crippen molar-refractivity contribution < 1.29 is 13.2 Å². The molecule has 1 N–H and O–H groups in total. The first-order chi connectivity index (χ1) is 9.74. The summed E-state index contributed by atoms with van der Waals surface area (Å²) in [6.45, 7) is 5.01. The lowest BCUT2D eigenvalue weighted by Gasteiger charge is -2.17. The summed E-state index contributed by atoms with van der Waals surface area (Å²) in [5.74, 6) is -0.151. The Balaban J connectivity index is 2.47. The number of aryl methyl sites for hydroxylation is 1. The molecule has 0 aliphatic carbocycles. The highest BCUT2D eigenvalue weighted by Crippen LogP contribution is 2.15. The van der Waals surface area contributed by atoms with Gasteiger partial charge in [-0.15, -0.1) is 0 Å². The smallest absolute Gasteiger partial charge is 0.251 e. The lowest BCUT2D eigenvalue weighted by molar-refractivity contribution is 0.0952. The zero-order chi connectivity index (χ0) is 16.0. The van der Waals surface area contributed by atoms with Crippen LogP contribution in [0.3, 0.4) is 0 Å². The molecule has 1 rings (SSSR count). The van der Waals surface area contributed by atoms with E-state index in [1.165, 1.54) is 10.6 Å². The van der Waals surface area contributed by atoms with Gasteiger partial charge in [-0.2, -0.15) is 0 Å². The molecular weight excluding hydrogens is 356 g/mol. The minimum absolute atomic E-state index is 0.151. The van der Waals surface area contributed by atoms with Crippen LogP contribution in [0.25, 0.3) is 0 Å². The fourth-order valence-corrected chi connectivity index (χ4v) is 3.52. The second-order valence-electron chi connectivity index (χ2n) is 4.88. The van der Waals surface area contributed by atoms with Gasteiger partial charge in [0.05, 0.1) is 6.26 Å². The van der Waals surface area contributed by atoms with Crippen LogP contribution in [-0.4, -0.2) is 44.5 Å². The Kier molecular flexibility index (Phi) is 6.83. The molecule has 0 saturated carbocycles. The summed E-state index contributed by atoms with van der Waals surface area (Å²) in [6, 6.07) is 5.51. The first-order valence-electron chi connectivity index (χ1n) is 6.74. The van der Waals surface area contributed by atoms with E-state index in [2.05, 4.69) is 21.2 Å². The third-order valence-corrected chi connectivity index (χ3v) is 4.83. The molecule has 7 heteroatoms. The molecule has 0 unspecified atom stereocenters. The van der Waals surface area contributed by atoms with Crippen molar-refractivity contribution >= 4 is 31.9 Å². The lowest BCUT2D eigenvalue weighted by Crippen LogP contribution is -2.33. The van der Waals surface area contributed by atoms with Crippen molar-refractivity contribution in [3.8, 4) is 0 Å². The van der Waals surface area contributed by atoms with Crippen molar-refractivity contribution in [1.82, 2.24) is 9.62 Å². The zero-order valence-corrected chi connectivity index (χ0v) is 14.9. The molecule has 1 aromatic carbocycles. The molecule has 0 aromatic heterocycles. The Bertz CT molecular complexity index is 582. The van der Waals surface area contributed by atoms with Gasteiger partial charge >= 0.3 is 0 Å².